The Morgan fingerprint density at radius 3 is 2.31 bits per heavy atom. The average molecular weight is 226 g/mol. The maximum absolute atomic E-state index is 10.9. The maximum Gasteiger partial charge on any atom is 0.350 e. The van der Waals surface area contributed by atoms with E-state index in [1.54, 1.807) is 0 Å². The summed E-state index contributed by atoms with van der Waals surface area (Å²) in [5.41, 5.74) is -1.89. The second-order valence-electron chi connectivity index (χ2n) is 2.77. The number of fused-ring (bicyclic) bond motifs is 1. The molecule has 10 heteroatoms. The summed E-state index contributed by atoms with van der Waals surface area (Å²) in [6, 6.07) is 1.56. The van der Waals surface area contributed by atoms with E-state index in [4.69, 9.17) is 0 Å². The lowest BCUT2D eigenvalue weighted by Gasteiger charge is -1.92. The molecule has 0 atom stereocenters. The van der Waals surface area contributed by atoms with Crippen molar-refractivity contribution in [1.82, 2.24) is 5.16 Å². The fourth-order valence-electron chi connectivity index (χ4n) is 1.19. The Labute approximate surface area is 85.5 Å². The molecule has 0 saturated carbocycles. The van der Waals surface area contributed by atoms with E-state index in [2.05, 4.69) is 9.79 Å². The molecule has 0 aliphatic carbocycles. The number of aromatic nitrogens is 2. The van der Waals surface area contributed by atoms with Gasteiger partial charge in [0.25, 0.3) is 5.52 Å². The molecule has 10 nitrogen and oxygen atoms in total. The molecule has 0 aliphatic rings. The zero-order valence-corrected chi connectivity index (χ0v) is 7.39. The standard InChI is InChI=1S/C6H2N4O6/c11-8(12)5-1-3-4(10(15)16-7-3)2-6(5)9(13)14/h1-2H. The molecule has 2 rings (SSSR count). The highest BCUT2D eigenvalue weighted by molar-refractivity contribution is 5.79. The largest absolute Gasteiger partial charge is 0.359 e. The van der Waals surface area contributed by atoms with E-state index in [9.17, 15) is 25.4 Å². The van der Waals surface area contributed by atoms with Gasteiger partial charge in [0, 0.05) is 5.16 Å². The van der Waals surface area contributed by atoms with Crippen LogP contribution in [0, 0.1) is 25.4 Å². The van der Waals surface area contributed by atoms with Crippen molar-refractivity contribution in [2.75, 3.05) is 0 Å². The van der Waals surface area contributed by atoms with Crippen LogP contribution in [0.4, 0.5) is 11.4 Å². The Hall–Kier alpha value is -2.78. The molecule has 0 bridgehead atoms. The highest BCUT2D eigenvalue weighted by Gasteiger charge is 2.29. The zero-order chi connectivity index (χ0) is 11.9. The summed E-state index contributed by atoms with van der Waals surface area (Å²) in [4.78, 5) is 19.1. The molecule has 0 fully saturated rings. The van der Waals surface area contributed by atoms with Crippen molar-refractivity contribution in [2.45, 2.75) is 0 Å². The molecular weight excluding hydrogens is 224 g/mol. The number of nitro groups is 2. The molecule has 1 heterocycles. The van der Waals surface area contributed by atoms with Crippen LogP contribution in [-0.2, 0) is 0 Å². The normalized spacial score (nSPS) is 10.5. The average Bonchev–Trinajstić information content (AvgIpc) is 2.58. The molecule has 0 aliphatic heterocycles. The SMILES string of the molecule is O=[N+]([O-])c1cc2no[n+]([O-])c2cc1[N+](=O)[O-]. The molecule has 1 aromatic heterocycles. The second kappa shape index (κ2) is 3.12. The number of hydrogen-bond donors (Lipinski definition) is 0. The van der Waals surface area contributed by atoms with Crippen LogP contribution in [0.5, 0.6) is 0 Å². The van der Waals surface area contributed by atoms with Gasteiger partial charge in [-0.2, -0.15) is 0 Å². The Morgan fingerprint density at radius 2 is 1.75 bits per heavy atom. The lowest BCUT2D eigenvalue weighted by Crippen LogP contribution is -2.22. The molecular formula is C6H2N4O6. The van der Waals surface area contributed by atoms with E-state index in [1.165, 1.54) is 0 Å². The van der Waals surface area contributed by atoms with Gasteiger partial charge in [-0.15, -0.1) is 0 Å². The minimum Gasteiger partial charge on any atom is -0.359 e. The van der Waals surface area contributed by atoms with Gasteiger partial charge in [0.2, 0.25) is 5.52 Å². The first-order valence-corrected chi connectivity index (χ1v) is 3.83. The molecule has 0 unspecified atom stereocenters. The Balaban J connectivity index is 2.83. The fraction of sp³-hybridized carbons (Fsp3) is 0. The predicted octanol–water partition coefficient (Wildman–Crippen LogP) is 0.278. The number of rotatable bonds is 2. The zero-order valence-electron chi connectivity index (χ0n) is 7.39. The van der Waals surface area contributed by atoms with Crippen LogP contribution in [0.2, 0.25) is 0 Å². The van der Waals surface area contributed by atoms with Crippen LogP contribution >= 0.6 is 0 Å². The van der Waals surface area contributed by atoms with Crippen molar-refractivity contribution in [3.63, 3.8) is 0 Å². The number of nitro benzene ring substituents is 2. The van der Waals surface area contributed by atoms with Gasteiger partial charge in [-0.25, -0.2) is 0 Å². The lowest BCUT2D eigenvalue weighted by molar-refractivity contribution is -0.782. The van der Waals surface area contributed by atoms with Gasteiger partial charge in [0.05, 0.1) is 22.0 Å². The van der Waals surface area contributed by atoms with Gasteiger partial charge in [0.1, 0.15) is 0 Å². The first-order chi connectivity index (χ1) is 7.50. The van der Waals surface area contributed by atoms with Crippen molar-refractivity contribution in [2.24, 2.45) is 0 Å². The van der Waals surface area contributed by atoms with Gasteiger partial charge in [0.15, 0.2) is 0 Å². The summed E-state index contributed by atoms with van der Waals surface area (Å²) >= 11 is 0. The topological polar surface area (TPSA) is 139 Å². The summed E-state index contributed by atoms with van der Waals surface area (Å²) in [5.74, 6) is 0. The lowest BCUT2D eigenvalue weighted by atomic mass is 10.2. The van der Waals surface area contributed by atoms with Crippen LogP contribution < -0.4 is 4.90 Å². The third kappa shape index (κ3) is 1.28. The van der Waals surface area contributed by atoms with Gasteiger partial charge in [-0.05, 0) is 4.90 Å². The van der Waals surface area contributed by atoms with Gasteiger partial charge in [-0.3, -0.25) is 24.9 Å². The molecule has 0 spiro atoms. The van der Waals surface area contributed by atoms with E-state index in [0.29, 0.717) is 0 Å². The molecule has 16 heavy (non-hydrogen) atoms. The third-order valence-corrected chi connectivity index (χ3v) is 1.88. The summed E-state index contributed by atoms with van der Waals surface area (Å²) in [5, 5.41) is 35.2. The van der Waals surface area contributed by atoms with Crippen LogP contribution in [0.1, 0.15) is 0 Å². The summed E-state index contributed by atoms with van der Waals surface area (Å²) in [6.07, 6.45) is 0. The van der Waals surface area contributed by atoms with Crippen LogP contribution in [0.25, 0.3) is 11.0 Å². The van der Waals surface area contributed by atoms with Crippen molar-refractivity contribution in [1.29, 1.82) is 0 Å². The number of hydrogen-bond acceptors (Lipinski definition) is 7. The number of nitrogens with zero attached hydrogens (tertiary/aromatic N) is 4. The van der Waals surface area contributed by atoms with Crippen LogP contribution in [0.3, 0.4) is 0 Å². The fourth-order valence-corrected chi connectivity index (χ4v) is 1.19. The Bertz CT molecular complexity index is 604. The predicted molar refractivity (Wildman–Crippen MR) is 46.3 cm³/mol. The summed E-state index contributed by atoms with van der Waals surface area (Å²) in [7, 11) is 0. The van der Waals surface area contributed by atoms with E-state index >= 15 is 0 Å². The van der Waals surface area contributed by atoms with Crippen molar-refractivity contribution >= 4 is 22.4 Å². The molecule has 0 amide bonds. The van der Waals surface area contributed by atoms with Crippen molar-refractivity contribution in [3.05, 3.63) is 37.6 Å². The minimum absolute atomic E-state index is 0.0634. The van der Waals surface area contributed by atoms with Gasteiger partial charge < -0.3 is 5.21 Å². The molecule has 1 aromatic carbocycles. The highest BCUT2D eigenvalue weighted by atomic mass is 16.8. The molecule has 0 N–H and O–H groups in total. The number of benzene rings is 1. The first-order valence-electron chi connectivity index (χ1n) is 3.83. The van der Waals surface area contributed by atoms with Crippen LogP contribution in [0.15, 0.2) is 16.8 Å². The van der Waals surface area contributed by atoms with Crippen molar-refractivity contribution in [3.8, 4) is 0 Å². The van der Waals surface area contributed by atoms with Gasteiger partial charge in [-0.1, -0.05) is 0 Å². The highest BCUT2D eigenvalue weighted by Crippen LogP contribution is 2.29. The Morgan fingerprint density at radius 1 is 1.19 bits per heavy atom. The van der Waals surface area contributed by atoms with Crippen LogP contribution in [-0.4, -0.2) is 15.0 Å². The monoisotopic (exact) mass is 226 g/mol. The third-order valence-electron chi connectivity index (χ3n) is 1.88. The van der Waals surface area contributed by atoms with E-state index in [0.717, 1.165) is 12.1 Å². The van der Waals surface area contributed by atoms with Crippen molar-refractivity contribution < 1.29 is 19.4 Å². The smallest absolute Gasteiger partial charge is 0.350 e. The molecule has 82 valence electrons. The minimum atomic E-state index is -0.954. The summed E-state index contributed by atoms with van der Waals surface area (Å²) < 4.78 is 4.15. The molecule has 0 saturated heterocycles. The van der Waals surface area contributed by atoms with E-state index in [-0.39, 0.29) is 15.9 Å². The Kier molecular flexibility index (Phi) is 1.90. The van der Waals surface area contributed by atoms with E-state index in [1.807, 2.05) is 0 Å². The maximum atomic E-state index is 10.9. The molecule has 2 aromatic rings. The second-order valence-corrected chi connectivity index (χ2v) is 2.77. The first kappa shape index (κ1) is 9.76. The van der Waals surface area contributed by atoms with Gasteiger partial charge >= 0.3 is 11.4 Å². The summed E-state index contributed by atoms with van der Waals surface area (Å²) in [6.45, 7) is 0. The molecule has 0 radical (unpaired) electrons. The quantitative estimate of drug-likeness (QED) is 0.406. The van der Waals surface area contributed by atoms with E-state index < -0.39 is 21.2 Å².